The van der Waals surface area contributed by atoms with Crippen molar-refractivity contribution in [3.8, 4) is 0 Å². The van der Waals surface area contributed by atoms with Crippen LogP contribution in [0.25, 0.3) is 0 Å². The van der Waals surface area contributed by atoms with Gasteiger partial charge in [-0.2, -0.15) is 15.2 Å². The van der Waals surface area contributed by atoms with Gasteiger partial charge < -0.3 is 0 Å². The van der Waals surface area contributed by atoms with Crippen molar-refractivity contribution in [3.05, 3.63) is 47.8 Å². The summed E-state index contributed by atoms with van der Waals surface area (Å²) in [5, 5.41) is 10.8. The van der Waals surface area contributed by atoms with Gasteiger partial charge in [0.15, 0.2) is 0 Å². The summed E-state index contributed by atoms with van der Waals surface area (Å²) in [7, 11) is 0. The molecule has 130 valence electrons. The summed E-state index contributed by atoms with van der Waals surface area (Å²) in [5.41, 5.74) is 3.62. The number of aromatic nitrogens is 2. The van der Waals surface area contributed by atoms with E-state index < -0.39 is 0 Å². The monoisotopic (exact) mass is 336 g/mol. The van der Waals surface area contributed by atoms with Crippen LogP contribution in [0, 0.1) is 6.92 Å². The fourth-order valence-electron chi connectivity index (χ4n) is 4.03. The van der Waals surface area contributed by atoms with Crippen LogP contribution in [-0.2, 0) is 4.79 Å². The lowest BCUT2D eigenvalue weighted by Gasteiger charge is -2.25. The van der Waals surface area contributed by atoms with E-state index in [0.29, 0.717) is 6.04 Å². The summed E-state index contributed by atoms with van der Waals surface area (Å²) in [4.78, 5) is 13.1. The Balaban J connectivity index is 1.69. The maximum atomic E-state index is 13.1. The Labute approximate surface area is 148 Å². The molecule has 1 saturated carbocycles. The topological polar surface area (TPSA) is 50.5 Å². The molecule has 1 aromatic heterocycles. The van der Waals surface area contributed by atoms with Crippen LogP contribution in [0.1, 0.15) is 62.4 Å². The molecule has 1 aromatic carbocycles. The van der Waals surface area contributed by atoms with E-state index in [-0.39, 0.29) is 11.8 Å². The molecule has 1 amide bonds. The smallest absolute Gasteiger partial charge is 0.262 e. The van der Waals surface area contributed by atoms with Crippen LogP contribution in [0.15, 0.2) is 41.5 Å². The van der Waals surface area contributed by atoms with E-state index in [4.69, 9.17) is 5.10 Å². The number of carbonyl (C=O) groups excluding carboxylic acids is 1. The molecule has 5 heteroatoms. The minimum absolute atomic E-state index is 0.0145. The molecule has 1 fully saturated rings. The zero-order chi connectivity index (χ0) is 17.4. The highest BCUT2D eigenvalue weighted by Gasteiger charge is 2.38. The lowest BCUT2D eigenvalue weighted by atomic mass is 9.94. The second-order valence-corrected chi connectivity index (χ2v) is 7.11. The van der Waals surface area contributed by atoms with E-state index in [1.807, 2.05) is 44.2 Å². The minimum atomic E-state index is -0.330. The van der Waals surface area contributed by atoms with Gasteiger partial charge in [-0.05, 0) is 44.9 Å². The third kappa shape index (κ3) is 2.88. The number of amides is 1. The number of aryl methyl sites for hydroxylation is 1. The van der Waals surface area contributed by atoms with Crippen LogP contribution < -0.4 is 5.01 Å². The Bertz CT molecular complexity index is 802. The highest BCUT2D eigenvalue weighted by atomic mass is 16.2. The Morgan fingerprint density at radius 1 is 1.04 bits per heavy atom. The summed E-state index contributed by atoms with van der Waals surface area (Å²) >= 11 is 0. The zero-order valence-electron chi connectivity index (χ0n) is 14.9. The van der Waals surface area contributed by atoms with E-state index in [9.17, 15) is 4.79 Å². The highest BCUT2D eigenvalue weighted by Crippen LogP contribution is 2.35. The molecule has 0 spiro atoms. The van der Waals surface area contributed by atoms with E-state index in [1.54, 1.807) is 0 Å². The summed E-state index contributed by atoms with van der Waals surface area (Å²) in [6.45, 7) is 3.95. The molecule has 1 aliphatic carbocycles. The highest BCUT2D eigenvalue weighted by molar-refractivity contribution is 6.18. The van der Waals surface area contributed by atoms with Crippen molar-refractivity contribution < 1.29 is 4.79 Å². The Hall–Kier alpha value is -2.43. The third-order valence-electron chi connectivity index (χ3n) is 5.24. The normalized spacial score (nSPS) is 21.7. The van der Waals surface area contributed by atoms with Gasteiger partial charge in [-0.1, -0.05) is 37.5 Å². The van der Waals surface area contributed by atoms with Gasteiger partial charge in [-0.15, -0.1) is 0 Å². The molecule has 0 bridgehead atoms. The van der Waals surface area contributed by atoms with E-state index in [1.165, 1.54) is 24.3 Å². The van der Waals surface area contributed by atoms with Crippen LogP contribution in [0.2, 0.25) is 0 Å². The standard InChI is InChI=1S/C20H24N4O/c1-14-13-18(23(21-14)16-9-5-3-6-10-16)19-15(2)22-24(20(19)25)17-11-7-4-8-12-17/h4,7-8,11-13,16,19H,3,5-6,9-10H2,1-2H3. The lowest BCUT2D eigenvalue weighted by Crippen LogP contribution is -2.28. The van der Waals surface area contributed by atoms with Gasteiger partial charge in [0.1, 0.15) is 5.92 Å². The number of benzene rings is 1. The van der Waals surface area contributed by atoms with Crippen LogP contribution in [0.3, 0.4) is 0 Å². The number of nitrogens with zero attached hydrogens (tertiary/aromatic N) is 4. The maximum Gasteiger partial charge on any atom is 0.262 e. The van der Waals surface area contributed by atoms with Crippen LogP contribution in [-0.4, -0.2) is 21.4 Å². The van der Waals surface area contributed by atoms with Crippen molar-refractivity contribution in [2.45, 2.75) is 57.9 Å². The molecule has 5 nitrogen and oxygen atoms in total. The number of hydrogen-bond acceptors (Lipinski definition) is 3. The van der Waals surface area contributed by atoms with Gasteiger partial charge in [-0.3, -0.25) is 9.48 Å². The van der Waals surface area contributed by atoms with Crippen molar-refractivity contribution in [1.29, 1.82) is 0 Å². The zero-order valence-corrected chi connectivity index (χ0v) is 14.9. The molecule has 2 aromatic rings. The first-order valence-electron chi connectivity index (χ1n) is 9.15. The molecule has 1 atom stereocenters. The summed E-state index contributed by atoms with van der Waals surface area (Å²) in [6, 6.07) is 12.1. The first-order chi connectivity index (χ1) is 12.1. The molecule has 0 N–H and O–H groups in total. The first-order valence-corrected chi connectivity index (χ1v) is 9.15. The fraction of sp³-hybridized carbons (Fsp3) is 0.450. The minimum Gasteiger partial charge on any atom is -0.271 e. The average molecular weight is 336 g/mol. The summed E-state index contributed by atoms with van der Waals surface area (Å²) in [5.74, 6) is -0.316. The molecule has 1 aliphatic heterocycles. The largest absolute Gasteiger partial charge is 0.271 e. The lowest BCUT2D eigenvalue weighted by molar-refractivity contribution is -0.118. The molecule has 25 heavy (non-hydrogen) atoms. The number of para-hydroxylation sites is 1. The van der Waals surface area contributed by atoms with Crippen molar-refractivity contribution in [2.24, 2.45) is 5.10 Å². The van der Waals surface area contributed by atoms with Gasteiger partial charge in [0.25, 0.3) is 5.91 Å². The first kappa shape index (κ1) is 16.1. The molecular weight excluding hydrogens is 312 g/mol. The van der Waals surface area contributed by atoms with Crippen LogP contribution in [0.4, 0.5) is 5.69 Å². The second-order valence-electron chi connectivity index (χ2n) is 7.11. The maximum absolute atomic E-state index is 13.1. The molecule has 0 saturated heterocycles. The van der Waals surface area contributed by atoms with Crippen molar-refractivity contribution in [1.82, 2.24) is 9.78 Å². The Morgan fingerprint density at radius 2 is 1.76 bits per heavy atom. The number of hydrazone groups is 1. The number of hydrogen-bond donors (Lipinski definition) is 0. The summed E-state index contributed by atoms with van der Waals surface area (Å²) in [6.07, 6.45) is 6.08. The molecule has 2 heterocycles. The number of anilines is 1. The predicted octanol–water partition coefficient (Wildman–Crippen LogP) is 4.20. The van der Waals surface area contributed by atoms with Crippen molar-refractivity contribution in [3.63, 3.8) is 0 Å². The SMILES string of the molecule is CC1=NN(c2ccccc2)C(=O)C1c1cc(C)nn1C1CCCCC1. The quantitative estimate of drug-likeness (QED) is 0.843. The van der Waals surface area contributed by atoms with Crippen molar-refractivity contribution >= 4 is 17.3 Å². The molecule has 2 aliphatic rings. The molecular formula is C20H24N4O. The molecule has 4 rings (SSSR count). The Morgan fingerprint density at radius 3 is 2.48 bits per heavy atom. The van der Waals surface area contributed by atoms with Crippen LogP contribution >= 0.6 is 0 Å². The molecule has 0 radical (unpaired) electrons. The van der Waals surface area contributed by atoms with E-state index in [0.717, 1.165) is 35.6 Å². The predicted molar refractivity (Wildman–Crippen MR) is 98.9 cm³/mol. The Kier molecular flexibility index (Phi) is 4.15. The van der Waals surface area contributed by atoms with Gasteiger partial charge in [0.05, 0.1) is 28.8 Å². The summed E-state index contributed by atoms with van der Waals surface area (Å²) < 4.78 is 2.12. The fourth-order valence-corrected chi connectivity index (χ4v) is 4.03. The van der Waals surface area contributed by atoms with Crippen LogP contribution in [0.5, 0.6) is 0 Å². The van der Waals surface area contributed by atoms with E-state index in [2.05, 4.69) is 15.8 Å². The van der Waals surface area contributed by atoms with Gasteiger partial charge in [-0.25, -0.2) is 0 Å². The van der Waals surface area contributed by atoms with Gasteiger partial charge in [0.2, 0.25) is 0 Å². The average Bonchev–Trinajstić information content (AvgIpc) is 3.15. The van der Waals surface area contributed by atoms with Crippen molar-refractivity contribution in [2.75, 3.05) is 5.01 Å². The number of rotatable bonds is 3. The second kappa shape index (κ2) is 6.47. The van der Waals surface area contributed by atoms with Gasteiger partial charge in [0, 0.05) is 0 Å². The van der Waals surface area contributed by atoms with E-state index >= 15 is 0 Å². The van der Waals surface area contributed by atoms with Gasteiger partial charge >= 0.3 is 0 Å². The molecule has 1 unspecified atom stereocenters. The third-order valence-corrected chi connectivity index (χ3v) is 5.24. The number of carbonyl (C=O) groups is 1.